The molecular weight excluding hydrogens is 260 g/mol. The van der Waals surface area contributed by atoms with Gasteiger partial charge in [-0.25, -0.2) is 4.98 Å². The van der Waals surface area contributed by atoms with E-state index < -0.39 is 0 Å². The Morgan fingerprint density at radius 3 is 3.18 bits per heavy atom. The number of hydrogen-bond donors (Lipinski definition) is 0. The van der Waals surface area contributed by atoms with Gasteiger partial charge in [0.1, 0.15) is 6.61 Å². The average molecular weight is 275 g/mol. The van der Waals surface area contributed by atoms with E-state index in [9.17, 15) is 4.79 Å². The van der Waals surface area contributed by atoms with Crippen molar-refractivity contribution in [3.63, 3.8) is 0 Å². The standard InChI is InChI=1S/C11H15ClN2O2S/c12-6-9-8-17-10(13-9)2-1-3-14-4-5-16-7-11(14)15/h8H,1-7H2. The molecule has 0 radical (unpaired) electrons. The van der Waals surface area contributed by atoms with Gasteiger partial charge in [0.2, 0.25) is 5.91 Å². The fourth-order valence-electron chi connectivity index (χ4n) is 1.73. The highest BCUT2D eigenvalue weighted by atomic mass is 35.5. The summed E-state index contributed by atoms with van der Waals surface area (Å²) < 4.78 is 5.08. The van der Waals surface area contributed by atoms with Crippen LogP contribution in [0.3, 0.4) is 0 Å². The van der Waals surface area contributed by atoms with Crippen LogP contribution in [-0.2, 0) is 21.8 Å². The number of ether oxygens (including phenoxy) is 1. The molecule has 17 heavy (non-hydrogen) atoms. The minimum atomic E-state index is 0.0943. The number of rotatable bonds is 5. The highest BCUT2D eigenvalue weighted by Crippen LogP contribution is 2.13. The molecule has 1 aliphatic heterocycles. The molecule has 2 rings (SSSR count). The summed E-state index contributed by atoms with van der Waals surface area (Å²) in [4.78, 5) is 17.7. The molecule has 1 aromatic heterocycles. The van der Waals surface area contributed by atoms with Crippen molar-refractivity contribution in [2.45, 2.75) is 18.7 Å². The number of carbonyl (C=O) groups is 1. The monoisotopic (exact) mass is 274 g/mol. The van der Waals surface area contributed by atoms with Crippen LogP contribution in [0.5, 0.6) is 0 Å². The first-order valence-corrected chi connectivity index (χ1v) is 7.06. The first-order valence-electron chi connectivity index (χ1n) is 5.64. The summed E-state index contributed by atoms with van der Waals surface area (Å²) in [7, 11) is 0. The van der Waals surface area contributed by atoms with Crippen molar-refractivity contribution in [3.05, 3.63) is 16.1 Å². The van der Waals surface area contributed by atoms with Gasteiger partial charge in [-0.15, -0.1) is 22.9 Å². The fraction of sp³-hybridized carbons (Fsp3) is 0.636. The summed E-state index contributed by atoms with van der Waals surface area (Å²) in [5, 5.41) is 3.09. The van der Waals surface area contributed by atoms with E-state index in [1.807, 2.05) is 10.3 Å². The molecule has 4 nitrogen and oxygen atoms in total. The highest BCUT2D eigenvalue weighted by molar-refractivity contribution is 7.09. The van der Waals surface area contributed by atoms with E-state index >= 15 is 0 Å². The summed E-state index contributed by atoms with van der Waals surface area (Å²) in [6, 6.07) is 0. The molecular formula is C11H15ClN2O2S. The van der Waals surface area contributed by atoms with Crippen LogP contribution in [0.1, 0.15) is 17.1 Å². The smallest absolute Gasteiger partial charge is 0.248 e. The first-order chi connectivity index (χ1) is 8.29. The maximum atomic E-state index is 11.5. The predicted molar refractivity (Wildman–Crippen MR) is 67.4 cm³/mol. The molecule has 0 unspecified atom stereocenters. The quantitative estimate of drug-likeness (QED) is 0.767. The molecule has 0 aromatic carbocycles. The second-order valence-corrected chi connectivity index (χ2v) is 5.11. The predicted octanol–water partition coefficient (Wildman–Crippen LogP) is 1.67. The van der Waals surface area contributed by atoms with Crippen molar-refractivity contribution in [2.75, 3.05) is 26.3 Å². The fourth-order valence-corrected chi connectivity index (χ4v) is 2.80. The van der Waals surface area contributed by atoms with Gasteiger partial charge in [0.25, 0.3) is 0 Å². The van der Waals surface area contributed by atoms with Crippen molar-refractivity contribution < 1.29 is 9.53 Å². The Kier molecular flexibility index (Phi) is 4.76. The molecule has 2 heterocycles. The maximum Gasteiger partial charge on any atom is 0.248 e. The van der Waals surface area contributed by atoms with Crippen molar-refractivity contribution in [1.29, 1.82) is 0 Å². The van der Waals surface area contributed by atoms with Gasteiger partial charge in [-0.3, -0.25) is 4.79 Å². The summed E-state index contributed by atoms with van der Waals surface area (Å²) in [5.74, 6) is 0.565. The molecule has 0 spiro atoms. The Morgan fingerprint density at radius 1 is 1.59 bits per heavy atom. The zero-order chi connectivity index (χ0) is 12.1. The third-order valence-electron chi connectivity index (χ3n) is 2.64. The number of aryl methyl sites for hydroxylation is 1. The van der Waals surface area contributed by atoms with Gasteiger partial charge < -0.3 is 9.64 Å². The normalized spacial score (nSPS) is 16.5. The van der Waals surface area contributed by atoms with Crippen LogP contribution in [0.2, 0.25) is 0 Å². The van der Waals surface area contributed by atoms with Gasteiger partial charge in [-0.05, 0) is 6.42 Å². The molecule has 94 valence electrons. The lowest BCUT2D eigenvalue weighted by Crippen LogP contribution is -2.42. The van der Waals surface area contributed by atoms with Gasteiger partial charge in [0, 0.05) is 24.9 Å². The number of nitrogens with zero attached hydrogens (tertiary/aromatic N) is 2. The molecule has 0 saturated carbocycles. The average Bonchev–Trinajstić information content (AvgIpc) is 2.80. The number of halogens is 1. The van der Waals surface area contributed by atoms with E-state index in [1.165, 1.54) is 0 Å². The molecule has 0 N–H and O–H groups in total. The van der Waals surface area contributed by atoms with Crippen molar-refractivity contribution >= 4 is 28.8 Å². The van der Waals surface area contributed by atoms with E-state index in [-0.39, 0.29) is 12.5 Å². The third-order valence-corrected chi connectivity index (χ3v) is 3.87. The lowest BCUT2D eigenvalue weighted by molar-refractivity contribution is -0.142. The number of thiazole rings is 1. The van der Waals surface area contributed by atoms with Crippen LogP contribution < -0.4 is 0 Å². The largest absolute Gasteiger partial charge is 0.370 e. The minimum Gasteiger partial charge on any atom is -0.370 e. The second kappa shape index (κ2) is 6.33. The molecule has 0 bridgehead atoms. The second-order valence-electron chi connectivity index (χ2n) is 3.90. The topological polar surface area (TPSA) is 42.4 Å². The summed E-state index contributed by atoms with van der Waals surface area (Å²) in [5.41, 5.74) is 0.939. The Balaban J connectivity index is 1.73. The van der Waals surface area contributed by atoms with Crippen LogP contribution >= 0.6 is 22.9 Å². The van der Waals surface area contributed by atoms with Crippen molar-refractivity contribution in [3.8, 4) is 0 Å². The summed E-state index contributed by atoms with van der Waals surface area (Å²) >= 11 is 7.33. The molecule has 0 aliphatic carbocycles. The molecule has 1 aromatic rings. The van der Waals surface area contributed by atoms with E-state index in [0.29, 0.717) is 19.0 Å². The van der Waals surface area contributed by atoms with E-state index in [4.69, 9.17) is 16.3 Å². The SMILES string of the molecule is O=C1COCCN1CCCc1nc(CCl)cs1. The Hall–Kier alpha value is -0.650. The lowest BCUT2D eigenvalue weighted by Gasteiger charge is -2.26. The molecule has 1 aliphatic rings. The van der Waals surface area contributed by atoms with Gasteiger partial charge in [0.05, 0.1) is 23.2 Å². The molecule has 0 atom stereocenters. The van der Waals surface area contributed by atoms with E-state index in [0.717, 1.165) is 30.1 Å². The minimum absolute atomic E-state index is 0.0943. The Labute approximate surface area is 110 Å². The molecule has 6 heteroatoms. The number of carbonyl (C=O) groups excluding carboxylic acids is 1. The number of alkyl halides is 1. The van der Waals surface area contributed by atoms with Crippen LogP contribution in [0, 0.1) is 0 Å². The zero-order valence-electron chi connectivity index (χ0n) is 9.52. The van der Waals surface area contributed by atoms with Crippen molar-refractivity contribution in [2.24, 2.45) is 0 Å². The number of morpholine rings is 1. The van der Waals surface area contributed by atoms with Crippen LogP contribution in [-0.4, -0.2) is 42.1 Å². The van der Waals surface area contributed by atoms with Gasteiger partial charge >= 0.3 is 0 Å². The molecule has 1 amide bonds. The van der Waals surface area contributed by atoms with E-state index in [1.54, 1.807) is 11.3 Å². The number of hydrogen-bond acceptors (Lipinski definition) is 4. The van der Waals surface area contributed by atoms with Crippen LogP contribution in [0.15, 0.2) is 5.38 Å². The molecule has 1 saturated heterocycles. The first kappa shape index (κ1) is 12.8. The summed E-state index contributed by atoms with van der Waals surface area (Å²) in [6.45, 7) is 2.38. The number of amides is 1. The molecule has 1 fully saturated rings. The van der Waals surface area contributed by atoms with Crippen LogP contribution in [0.4, 0.5) is 0 Å². The van der Waals surface area contributed by atoms with Gasteiger partial charge in [0.15, 0.2) is 0 Å². The lowest BCUT2D eigenvalue weighted by atomic mass is 10.3. The Morgan fingerprint density at radius 2 is 2.47 bits per heavy atom. The maximum absolute atomic E-state index is 11.5. The van der Waals surface area contributed by atoms with Crippen molar-refractivity contribution in [1.82, 2.24) is 9.88 Å². The summed E-state index contributed by atoms with van der Waals surface area (Å²) in [6.07, 6.45) is 1.85. The van der Waals surface area contributed by atoms with E-state index in [2.05, 4.69) is 4.98 Å². The van der Waals surface area contributed by atoms with Gasteiger partial charge in [-0.1, -0.05) is 0 Å². The number of aromatic nitrogens is 1. The van der Waals surface area contributed by atoms with Crippen LogP contribution in [0.25, 0.3) is 0 Å². The highest BCUT2D eigenvalue weighted by Gasteiger charge is 2.17. The zero-order valence-corrected chi connectivity index (χ0v) is 11.1. The Bertz CT molecular complexity index is 383. The third kappa shape index (κ3) is 3.66. The van der Waals surface area contributed by atoms with Gasteiger partial charge in [-0.2, -0.15) is 0 Å².